The summed E-state index contributed by atoms with van der Waals surface area (Å²) < 4.78 is 51.7. The minimum Gasteiger partial charge on any atom is -0.229 e. The van der Waals surface area contributed by atoms with Gasteiger partial charge in [0.2, 0.25) is 10.0 Å². The van der Waals surface area contributed by atoms with Crippen LogP contribution in [0.5, 0.6) is 0 Å². The van der Waals surface area contributed by atoms with Crippen molar-refractivity contribution in [3.63, 3.8) is 0 Å². The predicted octanol–water partition coefficient (Wildman–Crippen LogP) is 2.71. The number of benzene rings is 1. The average Bonchev–Trinajstić information content (AvgIpc) is 2.77. The number of hydrogen-bond acceptors (Lipinski definition) is 4. The van der Waals surface area contributed by atoms with Crippen LogP contribution in [0.4, 0.5) is 0 Å². The van der Waals surface area contributed by atoms with E-state index in [1.54, 1.807) is 16.4 Å². The van der Waals surface area contributed by atoms with E-state index in [9.17, 15) is 16.8 Å². The van der Waals surface area contributed by atoms with Crippen LogP contribution in [0, 0.1) is 0 Å². The number of fused-ring (bicyclic) bond motifs is 2. The molecule has 0 amide bonds. The zero-order chi connectivity index (χ0) is 18.6. The summed E-state index contributed by atoms with van der Waals surface area (Å²) in [5, 5.41) is -0.417. The van der Waals surface area contributed by atoms with E-state index in [2.05, 4.69) is 20.8 Å². The van der Waals surface area contributed by atoms with Gasteiger partial charge in [-0.15, -0.1) is 0 Å². The van der Waals surface area contributed by atoms with Gasteiger partial charge in [-0.05, 0) is 48.8 Å². The molecule has 25 heavy (non-hydrogen) atoms. The number of hydrogen-bond donors (Lipinski definition) is 0. The zero-order valence-electron chi connectivity index (χ0n) is 15.3. The van der Waals surface area contributed by atoms with E-state index in [1.165, 1.54) is 6.26 Å². The highest BCUT2D eigenvalue weighted by molar-refractivity contribution is 7.91. The van der Waals surface area contributed by atoms with Crippen LogP contribution in [0.2, 0.25) is 0 Å². The standard InChI is InChI=1S/C18H27NO4S2/c1-18(2,3)13-5-9-16(10-6-13)25(22,23)19-14-7-8-15(19)12-17(11-14)24(4,20)21/h5-6,9-10,14-15,17H,7-8,11-12H2,1-4H3. The van der Waals surface area contributed by atoms with Crippen molar-refractivity contribution in [3.8, 4) is 0 Å². The lowest BCUT2D eigenvalue weighted by Crippen LogP contribution is -2.49. The first-order chi connectivity index (χ1) is 11.4. The predicted molar refractivity (Wildman–Crippen MR) is 98.8 cm³/mol. The molecule has 2 unspecified atom stereocenters. The fraction of sp³-hybridized carbons (Fsp3) is 0.667. The van der Waals surface area contributed by atoms with Crippen LogP contribution in [0.3, 0.4) is 0 Å². The Morgan fingerprint density at radius 1 is 0.920 bits per heavy atom. The van der Waals surface area contributed by atoms with Gasteiger partial charge in [0.25, 0.3) is 0 Å². The number of nitrogens with zero attached hydrogens (tertiary/aromatic N) is 1. The van der Waals surface area contributed by atoms with Crippen LogP contribution in [0.25, 0.3) is 0 Å². The first-order valence-corrected chi connectivity index (χ1v) is 12.1. The fourth-order valence-corrected chi connectivity index (χ4v) is 7.11. The Kier molecular flexibility index (Phi) is 4.57. The molecular formula is C18H27NO4S2. The molecule has 2 bridgehead atoms. The maximum atomic E-state index is 13.1. The SMILES string of the molecule is CC(C)(C)c1ccc(S(=O)(=O)N2C3CCC2CC(S(C)(=O)=O)C3)cc1. The maximum absolute atomic E-state index is 13.1. The van der Waals surface area contributed by atoms with Crippen molar-refractivity contribution in [2.75, 3.05) is 6.26 Å². The number of piperidine rings is 1. The Morgan fingerprint density at radius 2 is 1.40 bits per heavy atom. The van der Waals surface area contributed by atoms with Crippen LogP contribution in [0.1, 0.15) is 52.0 Å². The summed E-state index contributed by atoms with van der Waals surface area (Å²) in [6, 6.07) is 6.70. The molecule has 5 nitrogen and oxygen atoms in total. The maximum Gasteiger partial charge on any atom is 0.243 e. The number of sulfone groups is 1. The molecule has 2 atom stereocenters. The van der Waals surface area contributed by atoms with E-state index in [-0.39, 0.29) is 17.5 Å². The molecule has 2 aliphatic rings. The van der Waals surface area contributed by atoms with Crippen molar-refractivity contribution in [1.82, 2.24) is 4.31 Å². The van der Waals surface area contributed by atoms with Crippen molar-refractivity contribution in [1.29, 1.82) is 0 Å². The third-order valence-electron chi connectivity index (χ3n) is 5.52. The quantitative estimate of drug-likeness (QED) is 0.802. The van der Waals surface area contributed by atoms with Gasteiger partial charge in [0.15, 0.2) is 0 Å². The molecule has 140 valence electrons. The van der Waals surface area contributed by atoms with Crippen molar-refractivity contribution < 1.29 is 16.8 Å². The van der Waals surface area contributed by atoms with Gasteiger partial charge in [-0.25, -0.2) is 16.8 Å². The molecule has 1 aromatic rings. The number of sulfonamides is 1. The Labute approximate surface area is 151 Å². The highest BCUT2D eigenvalue weighted by Crippen LogP contribution is 2.41. The molecule has 3 rings (SSSR count). The Bertz CT molecular complexity index is 837. The third kappa shape index (κ3) is 3.51. The molecule has 1 aromatic carbocycles. The molecule has 0 N–H and O–H groups in total. The topological polar surface area (TPSA) is 71.5 Å². The van der Waals surface area contributed by atoms with Gasteiger partial charge in [-0.3, -0.25) is 0 Å². The van der Waals surface area contributed by atoms with Crippen molar-refractivity contribution in [2.24, 2.45) is 0 Å². The molecule has 2 heterocycles. The van der Waals surface area contributed by atoms with E-state index in [4.69, 9.17) is 0 Å². The van der Waals surface area contributed by atoms with E-state index in [0.717, 1.165) is 18.4 Å². The summed E-state index contributed by atoms with van der Waals surface area (Å²) in [6.07, 6.45) is 3.57. The Balaban J connectivity index is 1.89. The minimum atomic E-state index is -3.59. The fourth-order valence-electron chi connectivity index (χ4n) is 4.07. The Morgan fingerprint density at radius 3 is 1.80 bits per heavy atom. The normalized spacial score (nSPS) is 28.2. The average molecular weight is 386 g/mol. The largest absolute Gasteiger partial charge is 0.243 e. The van der Waals surface area contributed by atoms with Crippen molar-refractivity contribution >= 4 is 19.9 Å². The Hall–Kier alpha value is -0.920. The van der Waals surface area contributed by atoms with E-state index in [1.807, 2.05) is 12.1 Å². The molecule has 0 radical (unpaired) electrons. The second-order valence-electron chi connectivity index (χ2n) is 8.42. The monoisotopic (exact) mass is 385 g/mol. The molecule has 0 saturated carbocycles. The van der Waals surface area contributed by atoms with Crippen LogP contribution in [-0.4, -0.2) is 44.7 Å². The van der Waals surface area contributed by atoms with E-state index >= 15 is 0 Å². The van der Waals surface area contributed by atoms with Gasteiger partial charge in [0.05, 0.1) is 10.1 Å². The van der Waals surface area contributed by atoms with Gasteiger partial charge >= 0.3 is 0 Å². The molecule has 0 aliphatic carbocycles. The number of rotatable bonds is 3. The molecule has 2 saturated heterocycles. The summed E-state index contributed by atoms with van der Waals surface area (Å²) in [4.78, 5) is 0.301. The van der Waals surface area contributed by atoms with Crippen LogP contribution < -0.4 is 0 Å². The highest BCUT2D eigenvalue weighted by Gasteiger charge is 2.49. The highest BCUT2D eigenvalue weighted by atomic mass is 32.2. The van der Waals surface area contributed by atoms with E-state index < -0.39 is 25.1 Å². The van der Waals surface area contributed by atoms with Crippen molar-refractivity contribution in [3.05, 3.63) is 29.8 Å². The lowest BCUT2D eigenvalue weighted by molar-refractivity contribution is 0.249. The lowest BCUT2D eigenvalue weighted by Gasteiger charge is -2.37. The third-order valence-corrected chi connectivity index (χ3v) is 9.14. The molecule has 7 heteroatoms. The van der Waals surface area contributed by atoms with Gasteiger partial charge in [-0.1, -0.05) is 32.9 Å². The zero-order valence-corrected chi connectivity index (χ0v) is 16.9. The summed E-state index contributed by atoms with van der Waals surface area (Å²) in [6.45, 7) is 6.27. The molecule has 2 aliphatic heterocycles. The van der Waals surface area contributed by atoms with Crippen LogP contribution in [0.15, 0.2) is 29.2 Å². The van der Waals surface area contributed by atoms with E-state index in [0.29, 0.717) is 17.7 Å². The van der Waals surface area contributed by atoms with Crippen LogP contribution in [-0.2, 0) is 25.3 Å². The van der Waals surface area contributed by atoms with Gasteiger partial charge < -0.3 is 0 Å². The van der Waals surface area contributed by atoms with Crippen LogP contribution >= 0.6 is 0 Å². The summed E-state index contributed by atoms with van der Waals surface area (Å²) >= 11 is 0. The van der Waals surface area contributed by atoms with Gasteiger partial charge in [0, 0.05) is 18.3 Å². The first kappa shape index (κ1) is 18.9. The molecule has 2 fully saturated rings. The second kappa shape index (κ2) is 6.06. The summed E-state index contributed by atoms with van der Waals surface area (Å²) in [7, 11) is -6.72. The smallest absolute Gasteiger partial charge is 0.229 e. The van der Waals surface area contributed by atoms with Gasteiger partial charge in [0.1, 0.15) is 9.84 Å². The van der Waals surface area contributed by atoms with Gasteiger partial charge in [-0.2, -0.15) is 4.31 Å². The summed E-state index contributed by atoms with van der Waals surface area (Å²) in [5.41, 5.74) is 1.06. The molecule has 0 aromatic heterocycles. The first-order valence-electron chi connectivity index (χ1n) is 8.73. The summed E-state index contributed by atoms with van der Waals surface area (Å²) in [5.74, 6) is 0. The second-order valence-corrected chi connectivity index (χ2v) is 12.6. The lowest BCUT2D eigenvalue weighted by atomic mass is 9.87. The minimum absolute atomic E-state index is 0.0326. The molecule has 0 spiro atoms. The molecular weight excluding hydrogens is 358 g/mol. The van der Waals surface area contributed by atoms with Crippen molar-refractivity contribution in [2.45, 2.75) is 74.1 Å².